The van der Waals surface area contributed by atoms with Crippen molar-refractivity contribution in [2.75, 3.05) is 12.3 Å². The minimum Gasteiger partial charge on any atom is -0.399 e. The van der Waals surface area contributed by atoms with E-state index >= 15 is 0 Å². The van der Waals surface area contributed by atoms with E-state index in [1.54, 1.807) is 19.1 Å². The lowest BCUT2D eigenvalue weighted by Crippen LogP contribution is -2.32. The molecule has 1 rings (SSSR count). The maximum absolute atomic E-state index is 9.52. The van der Waals surface area contributed by atoms with Gasteiger partial charge < -0.3 is 16.6 Å². The molecule has 1 atom stereocenters. The Morgan fingerprint density at radius 3 is 2.79 bits per heavy atom. The van der Waals surface area contributed by atoms with Crippen LogP contribution in [-0.4, -0.2) is 17.3 Å². The number of nitrogens with two attached hydrogens (primary N) is 2. The van der Waals surface area contributed by atoms with E-state index in [-0.39, 0.29) is 6.54 Å². The highest BCUT2D eigenvalue weighted by molar-refractivity contribution is 5.47. The molecule has 0 radical (unpaired) electrons. The van der Waals surface area contributed by atoms with E-state index in [4.69, 9.17) is 11.5 Å². The molecule has 1 aromatic carbocycles. The Kier molecular flexibility index (Phi) is 3.13. The highest BCUT2D eigenvalue weighted by Crippen LogP contribution is 2.05. The minimum absolute atomic E-state index is 0.113. The second-order valence-corrected chi connectivity index (χ2v) is 3.35. The summed E-state index contributed by atoms with van der Waals surface area (Å²) >= 11 is 0. The Bertz CT molecular complexity index is 374. The van der Waals surface area contributed by atoms with E-state index in [1.807, 2.05) is 12.1 Å². The van der Waals surface area contributed by atoms with Gasteiger partial charge in [-0.05, 0) is 25.1 Å². The second-order valence-electron chi connectivity index (χ2n) is 3.35. The molecule has 3 heteroatoms. The average Bonchev–Trinajstić information content (AvgIpc) is 2.15. The number of benzene rings is 1. The van der Waals surface area contributed by atoms with Gasteiger partial charge in [0.15, 0.2) is 0 Å². The molecule has 0 saturated heterocycles. The Morgan fingerprint density at radius 1 is 1.50 bits per heavy atom. The van der Waals surface area contributed by atoms with Crippen molar-refractivity contribution in [3.63, 3.8) is 0 Å². The summed E-state index contributed by atoms with van der Waals surface area (Å²) in [5, 5.41) is 9.52. The zero-order valence-electron chi connectivity index (χ0n) is 8.12. The van der Waals surface area contributed by atoms with Gasteiger partial charge >= 0.3 is 0 Å². The first-order valence-electron chi connectivity index (χ1n) is 4.35. The lowest BCUT2D eigenvalue weighted by molar-refractivity contribution is 0.131. The highest BCUT2D eigenvalue weighted by atomic mass is 16.3. The molecule has 0 aliphatic carbocycles. The summed E-state index contributed by atoms with van der Waals surface area (Å²) in [7, 11) is 0. The van der Waals surface area contributed by atoms with Crippen molar-refractivity contribution in [1.29, 1.82) is 0 Å². The Balaban J connectivity index is 2.88. The zero-order valence-corrected chi connectivity index (χ0v) is 8.12. The molecule has 0 fully saturated rings. The molecule has 1 aromatic rings. The van der Waals surface area contributed by atoms with Gasteiger partial charge in [-0.1, -0.05) is 17.9 Å². The average molecular weight is 190 g/mol. The van der Waals surface area contributed by atoms with Gasteiger partial charge in [-0.25, -0.2) is 0 Å². The summed E-state index contributed by atoms with van der Waals surface area (Å²) in [6.07, 6.45) is 0. The van der Waals surface area contributed by atoms with E-state index in [0.29, 0.717) is 5.69 Å². The number of anilines is 1. The Labute approximate surface area is 83.7 Å². The van der Waals surface area contributed by atoms with Gasteiger partial charge in [0, 0.05) is 17.8 Å². The Morgan fingerprint density at radius 2 is 2.21 bits per heavy atom. The molecule has 0 spiro atoms. The maximum Gasteiger partial charge on any atom is 0.135 e. The van der Waals surface area contributed by atoms with Crippen LogP contribution in [0.2, 0.25) is 0 Å². The molecule has 0 bridgehead atoms. The summed E-state index contributed by atoms with van der Waals surface area (Å²) in [4.78, 5) is 0. The number of hydrogen-bond acceptors (Lipinski definition) is 3. The van der Waals surface area contributed by atoms with Crippen molar-refractivity contribution in [3.05, 3.63) is 29.8 Å². The van der Waals surface area contributed by atoms with Gasteiger partial charge in [0.2, 0.25) is 0 Å². The monoisotopic (exact) mass is 190 g/mol. The van der Waals surface area contributed by atoms with Crippen LogP contribution < -0.4 is 11.5 Å². The minimum atomic E-state index is -1.13. The summed E-state index contributed by atoms with van der Waals surface area (Å²) in [5.74, 6) is 5.49. The van der Waals surface area contributed by atoms with E-state index < -0.39 is 5.60 Å². The second kappa shape index (κ2) is 4.14. The van der Waals surface area contributed by atoms with Gasteiger partial charge in [0.05, 0.1) is 0 Å². The number of nitrogen functional groups attached to an aromatic ring is 1. The van der Waals surface area contributed by atoms with Crippen molar-refractivity contribution in [2.45, 2.75) is 12.5 Å². The first kappa shape index (κ1) is 10.6. The molecular formula is C11H14N2O. The Hall–Kier alpha value is -1.50. The van der Waals surface area contributed by atoms with Gasteiger partial charge in [-0.2, -0.15) is 0 Å². The molecule has 1 unspecified atom stereocenters. The quantitative estimate of drug-likeness (QED) is 0.441. The normalized spacial score (nSPS) is 13.9. The summed E-state index contributed by atoms with van der Waals surface area (Å²) in [6, 6.07) is 7.18. The van der Waals surface area contributed by atoms with Gasteiger partial charge in [-0.3, -0.25) is 0 Å². The molecule has 0 aliphatic rings. The van der Waals surface area contributed by atoms with Crippen molar-refractivity contribution >= 4 is 5.69 Å². The maximum atomic E-state index is 9.52. The van der Waals surface area contributed by atoms with E-state index in [1.165, 1.54) is 0 Å². The predicted molar refractivity (Wildman–Crippen MR) is 57.4 cm³/mol. The third-order valence-electron chi connectivity index (χ3n) is 1.76. The third-order valence-corrected chi connectivity index (χ3v) is 1.76. The first-order chi connectivity index (χ1) is 6.53. The molecule has 74 valence electrons. The van der Waals surface area contributed by atoms with Gasteiger partial charge in [-0.15, -0.1) is 0 Å². The number of aliphatic hydroxyl groups is 1. The predicted octanol–water partition coefficient (Wildman–Crippen LogP) is 0.330. The van der Waals surface area contributed by atoms with Crippen molar-refractivity contribution in [3.8, 4) is 11.8 Å². The largest absolute Gasteiger partial charge is 0.399 e. The summed E-state index contributed by atoms with van der Waals surface area (Å²) < 4.78 is 0. The molecule has 0 heterocycles. The summed E-state index contributed by atoms with van der Waals surface area (Å²) in [5.41, 5.74) is 11.2. The molecule has 14 heavy (non-hydrogen) atoms. The van der Waals surface area contributed by atoms with Crippen LogP contribution in [0.5, 0.6) is 0 Å². The fourth-order valence-corrected chi connectivity index (χ4v) is 0.874. The number of rotatable bonds is 1. The van der Waals surface area contributed by atoms with Crippen LogP contribution in [0, 0.1) is 11.8 Å². The van der Waals surface area contributed by atoms with Gasteiger partial charge in [0.25, 0.3) is 0 Å². The fraction of sp³-hybridized carbons (Fsp3) is 0.273. The fourth-order valence-electron chi connectivity index (χ4n) is 0.874. The van der Waals surface area contributed by atoms with Crippen LogP contribution in [0.1, 0.15) is 12.5 Å². The van der Waals surface area contributed by atoms with Crippen LogP contribution in [0.3, 0.4) is 0 Å². The van der Waals surface area contributed by atoms with Crippen LogP contribution in [0.15, 0.2) is 24.3 Å². The first-order valence-corrected chi connectivity index (χ1v) is 4.35. The molecule has 0 saturated carbocycles. The van der Waals surface area contributed by atoms with E-state index in [0.717, 1.165) is 5.56 Å². The highest BCUT2D eigenvalue weighted by Gasteiger charge is 2.12. The molecule has 0 aliphatic heterocycles. The molecular weight excluding hydrogens is 176 g/mol. The number of hydrogen-bond donors (Lipinski definition) is 3. The molecule has 5 N–H and O–H groups in total. The van der Waals surface area contributed by atoms with Gasteiger partial charge in [0.1, 0.15) is 5.60 Å². The van der Waals surface area contributed by atoms with E-state index in [2.05, 4.69) is 11.8 Å². The molecule has 0 amide bonds. The van der Waals surface area contributed by atoms with Crippen LogP contribution >= 0.6 is 0 Å². The lowest BCUT2D eigenvalue weighted by atomic mass is 10.1. The molecule has 0 aromatic heterocycles. The summed E-state index contributed by atoms with van der Waals surface area (Å²) in [6.45, 7) is 1.69. The third kappa shape index (κ3) is 3.09. The van der Waals surface area contributed by atoms with E-state index in [9.17, 15) is 5.11 Å². The van der Waals surface area contributed by atoms with Crippen LogP contribution in [-0.2, 0) is 0 Å². The lowest BCUT2D eigenvalue weighted by Gasteiger charge is -2.11. The topological polar surface area (TPSA) is 72.3 Å². The standard InChI is InChI=1S/C11H14N2O/c1-11(14,8-12)6-5-9-3-2-4-10(13)7-9/h2-4,7,14H,8,12-13H2,1H3. The van der Waals surface area contributed by atoms with Crippen LogP contribution in [0.4, 0.5) is 5.69 Å². The van der Waals surface area contributed by atoms with Crippen molar-refractivity contribution < 1.29 is 5.11 Å². The van der Waals surface area contributed by atoms with Crippen molar-refractivity contribution in [2.24, 2.45) is 5.73 Å². The van der Waals surface area contributed by atoms with Crippen molar-refractivity contribution in [1.82, 2.24) is 0 Å². The zero-order chi connectivity index (χ0) is 10.6. The SMILES string of the molecule is CC(O)(C#Cc1cccc(N)c1)CN. The smallest absolute Gasteiger partial charge is 0.135 e. The molecule has 3 nitrogen and oxygen atoms in total. The van der Waals surface area contributed by atoms with Crippen LogP contribution in [0.25, 0.3) is 0 Å².